The molecule has 0 radical (unpaired) electrons. The molecule has 150 valence electrons. The smallest absolute Gasteiger partial charge is 0.339 e. The number of ether oxygens (including phenoxy) is 3. The zero-order chi connectivity index (χ0) is 19.8. The number of esters is 1. The van der Waals surface area contributed by atoms with Gasteiger partial charge in [-0.25, -0.2) is 4.79 Å². The summed E-state index contributed by atoms with van der Waals surface area (Å²) in [5.41, 5.74) is 0.394. The third kappa shape index (κ3) is 1.97. The highest BCUT2D eigenvalue weighted by Gasteiger charge is 2.72. The average molecular weight is 387 g/mol. The molecule has 2 aliphatic carbocycles. The molecule has 7 heteroatoms. The van der Waals surface area contributed by atoms with Crippen LogP contribution >= 0.6 is 0 Å². The fourth-order valence-corrected chi connectivity index (χ4v) is 5.79. The number of benzene rings is 1. The van der Waals surface area contributed by atoms with E-state index in [0.717, 1.165) is 24.1 Å². The molecule has 2 heterocycles. The summed E-state index contributed by atoms with van der Waals surface area (Å²) in [6, 6.07) is 3.90. The molecule has 1 spiro atoms. The number of nitrogens with zero attached hydrogens (tertiary/aromatic N) is 1. The summed E-state index contributed by atoms with van der Waals surface area (Å²) in [7, 11) is 3.64. The first kappa shape index (κ1) is 18.0. The maximum atomic E-state index is 12.1. The highest BCUT2D eigenvalue weighted by molar-refractivity contribution is 5.75. The van der Waals surface area contributed by atoms with E-state index in [1.54, 1.807) is 13.2 Å². The Labute approximate surface area is 163 Å². The quantitative estimate of drug-likeness (QED) is 0.745. The Morgan fingerprint density at radius 2 is 2.21 bits per heavy atom. The number of likely N-dealkylation sites (tertiary alicyclic amines) is 1. The Morgan fingerprint density at radius 3 is 2.93 bits per heavy atom. The number of piperidine rings is 1. The number of hydrogen-bond acceptors (Lipinski definition) is 7. The van der Waals surface area contributed by atoms with Gasteiger partial charge in [0.25, 0.3) is 0 Å². The lowest BCUT2D eigenvalue weighted by atomic mass is 9.50. The van der Waals surface area contributed by atoms with Gasteiger partial charge in [0, 0.05) is 18.0 Å². The fourth-order valence-electron chi connectivity index (χ4n) is 5.79. The van der Waals surface area contributed by atoms with Gasteiger partial charge in [0.1, 0.15) is 11.9 Å². The van der Waals surface area contributed by atoms with Crippen LogP contribution in [-0.4, -0.2) is 65.6 Å². The van der Waals surface area contributed by atoms with Gasteiger partial charge in [-0.05, 0) is 51.1 Å². The number of carbonyl (C=O) groups excluding carboxylic acids is 1. The number of hydrogen-bond donors (Lipinski definition) is 2. The highest BCUT2D eigenvalue weighted by atomic mass is 16.6. The van der Waals surface area contributed by atoms with Crippen molar-refractivity contribution in [3.8, 4) is 11.5 Å². The Morgan fingerprint density at radius 1 is 1.43 bits per heavy atom. The van der Waals surface area contributed by atoms with Gasteiger partial charge >= 0.3 is 5.97 Å². The standard InChI is InChI=1S/C21H25NO6/c1-11(23)19(24)27-14-6-7-21(25)15-10-12-4-5-13(26-3)17-16(12)20(21,18(14)28-17)8-9-22(15)2/h4-6,11,15,18,23,25H,7-10H2,1-3H3/t11-,15+,18-,20-,21+/m0/s1. The molecule has 0 unspecified atom stereocenters. The number of methoxy groups -OCH3 is 1. The van der Waals surface area contributed by atoms with E-state index in [9.17, 15) is 15.0 Å². The second-order valence-corrected chi connectivity index (χ2v) is 8.38. The molecule has 0 saturated carbocycles. The van der Waals surface area contributed by atoms with Crippen LogP contribution in [-0.2, 0) is 21.4 Å². The van der Waals surface area contributed by atoms with E-state index >= 15 is 0 Å². The predicted molar refractivity (Wildman–Crippen MR) is 99.2 cm³/mol. The molecule has 2 bridgehead atoms. The van der Waals surface area contributed by atoms with Crippen LogP contribution in [0.4, 0.5) is 0 Å². The van der Waals surface area contributed by atoms with Crippen molar-refractivity contribution in [2.45, 2.75) is 55.5 Å². The second kappa shape index (κ2) is 5.72. The molecular weight excluding hydrogens is 362 g/mol. The topological polar surface area (TPSA) is 88.5 Å². The molecule has 1 aromatic rings. The monoisotopic (exact) mass is 387 g/mol. The Balaban J connectivity index is 1.72. The normalized spacial score (nSPS) is 36.1. The van der Waals surface area contributed by atoms with Crippen LogP contribution in [0.3, 0.4) is 0 Å². The van der Waals surface area contributed by atoms with E-state index in [2.05, 4.69) is 11.0 Å². The van der Waals surface area contributed by atoms with Gasteiger partial charge in [-0.15, -0.1) is 0 Å². The first-order chi connectivity index (χ1) is 13.3. The largest absolute Gasteiger partial charge is 0.493 e. The molecule has 1 saturated heterocycles. The van der Waals surface area contributed by atoms with Crippen LogP contribution in [0.15, 0.2) is 24.0 Å². The van der Waals surface area contributed by atoms with Crippen molar-refractivity contribution in [1.82, 2.24) is 4.90 Å². The molecule has 7 nitrogen and oxygen atoms in total. The van der Waals surface area contributed by atoms with Crippen molar-refractivity contribution >= 4 is 5.97 Å². The summed E-state index contributed by atoms with van der Waals surface area (Å²) >= 11 is 0. The first-order valence-electron chi connectivity index (χ1n) is 9.73. The minimum absolute atomic E-state index is 0.0514. The zero-order valence-corrected chi connectivity index (χ0v) is 16.3. The van der Waals surface area contributed by atoms with Gasteiger partial charge in [0.15, 0.2) is 17.6 Å². The van der Waals surface area contributed by atoms with E-state index in [0.29, 0.717) is 30.1 Å². The lowest BCUT2D eigenvalue weighted by molar-refractivity contribution is -0.171. The molecule has 0 amide bonds. The molecule has 1 fully saturated rings. The minimum Gasteiger partial charge on any atom is -0.493 e. The molecule has 28 heavy (non-hydrogen) atoms. The first-order valence-corrected chi connectivity index (χ1v) is 9.73. The fraction of sp³-hybridized carbons (Fsp3) is 0.571. The maximum Gasteiger partial charge on any atom is 0.339 e. The van der Waals surface area contributed by atoms with Crippen LogP contribution in [0.2, 0.25) is 0 Å². The van der Waals surface area contributed by atoms with Gasteiger partial charge in [0.2, 0.25) is 0 Å². The van der Waals surface area contributed by atoms with Gasteiger partial charge in [-0.3, -0.25) is 0 Å². The van der Waals surface area contributed by atoms with Crippen LogP contribution in [0.25, 0.3) is 0 Å². The van der Waals surface area contributed by atoms with E-state index < -0.39 is 29.2 Å². The summed E-state index contributed by atoms with van der Waals surface area (Å²) in [6.07, 6.45) is 1.66. The van der Waals surface area contributed by atoms with Crippen molar-refractivity contribution in [3.63, 3.8) is 0 Å². The SMILES string of the molecule is COc1ccc2c3c1O[C@H]1C(OC(=O)[C@H](C)O)=CC[C@@]4(O)[C@@H](C2)N(C)CC[C@]314. The molecule has 4 aliphatic rings. The number of carbonyl (C=O) groups is 1. The van der Waals surface area contributed by atoms with Crippen molar-refractivity contribution in [3.05, 3.63) is 35.1 Å². The lowest BCUT2D eigenvalue weighted by Crippen LogP contribution is -2.74. The zero-order valence-electron chi connectivity index (χ0n) is 16.3. The van der Waals surface area contributed by atoms with Crippen molar-refractivity contribution in [2.75, 3.05) is 20.7 Å². The molecule has 2 N–H and O–H groups in total. The van der Waals surface area contributed by atoms with Crippen molar-refractivity contribution < 1.29 is 29.2 Å². The number of likely N-dealkylation sites (N-methyl/N-ethyl adjacent to an activating group) is 1. The van der Waals surface area contributed by atoms with Crippen LogP contribution in [0, 0.1) is 0 Å². The van der Waals surface area contributed by atoms with E-state index in [1.165, 1.54) is 6.92 Å². The molecule has 5 atom stereocenters. The van der Waals surface area contributed by atoms with Crippen molar-refractivity contribution in [2.24, 2.45) is 0 Å². The summed E-state index contributed by atoms with van der Waals surface area (Å²) in [5.74, 6) is 0.890. The summed E-state index contributed by atoms with van der Waals surface area (Å²) in [6.45, 7) is 2.18. The van der Waals surface area contributed by atoms with E-state index in [-0.39, 0.29) is 6.04 Å². The number of aliphatic hydroxyl groups is 2. The highest BCUT2D eigenvalue weighted by Crippen LogP contribution is 2.65. The van der Waals surface area contributed by atoms with Gasteiger partial charge in [-0.2, -0.15) is 0 Å². The van der Waals surface area contributed by atoms with Crippen LogP contribution in [0.1, 0.15) is 30.9 Å². The van der Waals surface area contributed by atoms with E-state index in [1.807, 2.05) is 13.1 Å². The predicted octanol–water partition coefficient (Wildman–Crippen LogP) is 0.897. The second-order valence-electron chi connectivity index (χ2n) is 8.38. The molecule has 1 aromatic carbocycles. The maximum absolute atomic E-state index is 12.1. The summed E-state index contributed by atoms with van der Waals surface area (Å²) in [4.78, 5) is 14.3. The lowest BCUT2D eigenvalue weighted by Gasteiger charge is -2.61. The number of aliphatic hydroxyl groups excluding tert-OH is 1. The van der Waals surface area contributed by atoms with Crippen LogP contribution < -0.4 is 9.47 Å². The molecule has 5 rings (SSSR count). The summed E-state index contributed by atoms with van der Waals surface area (Å²) < 4.78 is 17.4. The van der Waals surface area contributed by atoms with Gasteiger partial charge < -0.3 is 29.3 Å². The molecule has 2 aliphatic heterocycles. The molecular formula is C21H25NO6. The van der Waals surface area contributed by atoms with E-state index in [4.69, 9.17) is 14.2 Å². The minimum atomic E-state index is -1.23. The summed E-state index contributed by atoms with van der Waals surface area (Å²) in [5, 5.41) is 21.6. The Kier molecular flexibility index (Phi) is 3.67. The van der Waals surface area contributed by atoms with Gasteiger partial charge in [0.05, 0.1) is 18.1 Å². The average Bonchev–Trinajstić information content (AvgIpc) is 3.02. The number of rotatable bonds is 3. The third-order valence-electron chi connectivity index (χ3n) is 7.12. The van der Waals surface area contributed by atoms with Crippen molar-refractivity contribution in [1.29, 1.82) is 0 Å². The molecule has 0 aromatic heterocycles. The third-order valence-corrected chi connectivity index (χ3v) is 7.12. The van der Waals surface area contributed by atoms with Gasteiger partial charge in [-0.1, -0.05) is 6.07 Å². The van der Waals surface area contributed by atoms with Crippen LogP contribution in [0.5, 0.6) is 11.5 Å². The Bertz CT molecular complexity index is 895. The Hall–Kier alpha value is -2.09.